The van der Waals surface area contributed by atoms with Gasteiger partial charge in [0.25, 0.3) is 5.91 Å². The maximum Gasteiger partial charge on any atom is 0.309 e. The number of aromatic nitrogens is 2. The Morgan fingerprint density at radius 3 is 2.43 bits per heavy atom. The van der Waals surface area contributed by atoms with Gasteiger partial charge in [0, 0.05) is 25.1 Å². The predicted octanol–water partition coefficient (Wildman–Crippen LogP) is 3.75. The van der Waals surface area contributed by atoms with E-state index < -0.39 is 23.9 Å². The third-order valence-electron chi connectivity index (χ3n) is 8.45. The number of amides is 1. The topological polar surface area (TPSA) is 152 Å². The summed E-state index contributed by atoms with van der Waals surface area (Å²) in [6.07, 6.45) is 3.95. The highest BCUT2D eigenvalue weighted by Crippen LogP contribution is 2.37. The summed E-state index contributed by atoms with van der Waals surface area (Å²) in [7, 11) is 5.89. The number of nitrogens with one attached hydrogen (secondary N) is 1. The van der Waals surface area contributed by atoms with E-state index in [0.717, 1.165) is 43.5 Å². The highest BCUT2D eigenvalue weighted by Gasteiger charge is 2.36. The molecule has 1 aromatic heterocycles. The van der Waals surface area contributed by atoms with Crippen LogP contribution in [-0.2, 0) is 30.2 Å². The van der Waals surface area contributed by atoms with E-state index in [1.165, 1.54) is 6.92 Å². The minimum absolute atomic E-state index is 0.00103. The number of esters is 2. The van der Waals surface area contributed by atoms with Gasteiger partial charge < -0.3 is 29.7 Å². The first-order valence-electron chi connectivity index (χ1n) is 16.1. The Morgan fingerprint density at radius 2 is 1.80 bits per heavy atom. The van der Waals surface area contributed by atoms with Crippen molar-refractivity contribution >= 4 is 29.3 Å². The minimum Gasteiger partial charge on any atom is -0.463 e. The Balaban J connectivity index is 1.30. The maximum absolute atomic E-state index is 12.9. The van der Waals surface area contributed by atoms with E-state index >= 15 is 0 Å². The zero-order chi connectivity index (χ0) is 33.8. The highest BCUT2D eigenvalue weighted by atomic mass is 16.6. The number of likely N-dealkylation sites (N-methyl/N-ethyl adjacent to an activating group) is 1. The number of ether oxygens (including phenoxy) is 3. The average Bonchev–Trinajstić information content (AvgIpc) is 3.25. The largest absolute Gasteiger partial charge is 0.463 e. The fraction of sp³-hybridized carbons (Fsp3) is 0.618. The van der Waals surface area contributed by atoms with Gasteiger partial charge in [0.1, 0.15) is 13.2 Å². The number of hydrogen-bond acceptors (Lipinski definition) is 9. The molecule has 1 amide bonds. The Labute approximate surface area is 271 Å². The van der Waals surface area contributed by atoms with Crippen molar-refractivity contribution in [2.45, 2.75) is 90.9 Å². The molecular weight excluding hydrogens is 590 g/mol. The van der Waals surface area contributed by atoms with Crippen molar-refractivity contribution in [3.8, 4) is 5.69 Å². The van der Waals surface area contributed by atoms with Crippen molar-refractivity contribution in [1.82, 2.24) is 9.78 Å². The number of quaternary nitrogens is 1. The fourth-order valence-corrected chi connectivity index (χ4v) is 6.55. The third-order valence-corrected chi connectivity index (χ3v) is 8.45. The van der Waals surface area contributed by atoms with Crippen LogP contribution in [0, 0.1) is 12.3 Å². The standard InChI is InChI=1S/C34H49N5O7/c1-21-32-29(18-34(3,4)19-30(32)41)38(37-21)24-10-13-27(33(35)43)28(16-24)36-23-8-11-25(12-9-23)44-14-15-45-31(42)17-26(46-22(2)40)20-39(5,6)7/h10,13,16,23,25-26H,8-9,11-12,14-15,17-20H2,1-7H3,(H2-,35,36,43)/p+1/t23-,25-,26?. The van der Waals surface area contributed by atoms with E-state index in [1.54, 1.807) is 6.07 Å². The number of fused-ring (bicyclic) bond motifs is 1. The molecule has 46 heavy (non-hydrogen) atoms. The second-order valence-electron chi connectivity index (χ2n) is 14.5. The molecule has 0 radical (unpaired) electrons. The molecule has 1 fully saturated rings. The monoisotopic (exact) mass is 640 g/mol. The number of carbonyl (C=O) groups excluding carboxylic acids is 4. The summed E-state index contributed by atoms with van der Waals surface area (Å²) < 4.78 is 19.0. The van der Waals surface area contributed by atoms with Crippen LogP contribution in [0.5, 0.6) is 0 Å². The van der Waals surface area contributed by atoms with E-state index in [9.17, 15) is 19.2 Å². The average molecular weight is 641 g/mol. The summed E-state index contributed by atoms with van der Waals surface area (Å²) in [5.41, 5.74) is 9.69. The van der Waals surface area contributed by atoms with Crippen LogP contribution in [0.25, 0.3) is 5.69 Å². The Kier molecular flexibility index (Phi) is 10.9. The van der Waals surface area contributed by atoms with E-state index in [0.29, 0.717) is 40.0 Å². The molecule has 1 aromatic carbocycles. The number of aryl methyl sites for hydroxylation is 1. The molecule has 2 aromatic rings. The van der Waals surface area contributed by atoms with Crippen molar-refractivity contribution in [2.75, 3.05) is 46.2 Å². The van der Waals surface area contributed by atoms with Gasteiger partial charge in [-0.3, -0.25) is 19.2 Å². The van der Waals surface area contributed by atoms with E-state index in [1.807, 2.05) is 44.9 Å². The van der Waals surface area contributed by atoms with Gasteiger partial charge in [0.05, 0.1) is 68.5 Å². The number of Topliss-reactive ketones (excluding diaryl/α,β-unsaturated/α-hetero) is 1. The number of carbonyl (C=O) groups is 4. The van der Waals surface area contributed by atoms with Crippen LogP contribution in [0.4, 0.5) is 5.69 Å². The van der Waals surface area contributed by atoms with Gasteiger partial charge >= 0.3 is 11.9 Å². The lowest BCUT2D eigenvalue weighted by Gasteiger charge is -2.31. The van der Waals surface area contributed by atoms with E-state index in [-0.39, 0.29) is 43.0 Å². The molecule has 12 heteroatoms. The first-order valence-corrected chi connectivity index (χ1v) is 16.1. The van der Waals surface area contributed by atoms with Gasteiger partial charge in [0.2, 0.25) is 0 Å². The lowest BCUT2D eigenvalue weighted by atomic mass is 9.75. The summed E-state index contributed by atoms with van der Waals surface area (Å²) >= 11 is 0. The summed E-state index contributed by atoms with van der Waals surface area (Å²) in [5.74, 6) is -1.26. The minimum atomic E-state index is -0.546. The van der Waals surface area contributed by atoms with Crippen LogP contribution in [0.15, 0.2) is 18.2 Å². The molecule has 0 spiro atoms. The molecule has 12 nitrogen and oxygen atoms in total. The van der Waals surface area contributed by atoms with E-state index in [2.05, 4.69) is 19.2 Å². The van der Waals surface area contributed by atoms with Gasteiger partial charge in [-0.1, -0.05) is 13.8 Å². The molecule has 1 atom stereocenters. The highest BCUT2D eigenvalue weighted by molar-refractivity contribution is 6.00. The number of anilines is 1. The summed E-state index contributed by atoms with van der Waals surface area (Å²) in [6.45, 7) is 8.28. The number of benzene rings is 1. The van der Waals surface area contributed by atoms with Crippen LogP contribution >= 0.6 is 0 Å². The van der Waals surface area contributed by atoms with Gasteiger partial charge in [-0.2, -0.15) is 5.10 Å². The second kappa shape index (κ2) is 14.3. The van der Waals surface area contributed by atoms with Crippen molar-refractivity contribution < 1.29 is 37.9 Å². The number of ketones is 1. The Bertz CT molecular complexity index is 1450. The molecule has 0 bridgehead atoms. The third kappa shape index (κ3) is 9.38. The number of nitrogens with zero attached hydrogens (tertiary/aromatic N) is 3. The van der Waals surface area contributed by atoms with Crippen LogP contribution in [0.2, 0.25) is 0 Å². The molecule has 0 saturated heterocycles. The molecule has 2 aliphatic carbocycles. The molecule has 0 aliphatic heterocycles. The zero-order valence-corrected chi connectivity index (χ0v) is 28.3. The second-order valence-corrected chi connectivity index (χ2v) is 14.5. The smallest absolute Gasteiger partial charge is 0.309 e. The van der Waals surface area contributed by atoms with Crippen LogP contribution < -0.4 is 11.1 Å². The van der Waals surface area contributed by atoms with Crippen molar-refractivity contribution in [1.29, 1.82) is 0 Å². The number of nitrogens with two attached hydrogens (primary N) is 1. The van der Waals surface area contributed by atoms with Crippen LogP contribution in [0.3, 0.4) is 0 Å². The molecule has 2 aliphatic rings. The fourth-order valence-electron chi connectivity index (χ4n) is 6.55. The van der Waals surface area contributed by atoms with Crippen LogP contribution in [0.1, 0.15) is 91.4 Å². The molecule has 1 saturated carbocycles. The predicted molar refractivity (Wildman–Crippen MR) is 173 cm³/mol. The number of rotatable bonds is 13. The van der Waals surface area contributed by atoms with Crippen LogP contribution in [-0.4, -0.2) is 97.0 Å². The van der Waals surface area contributed by atoms with Gasteiger partial charge in [-0.15, -0.1) is 0 Å². The molecule has 3 N–H and O–H groups in total. The first-order chi connectivity index (χ1) is 21.5. The Hall–Kier alpha value is -3.77. The maximum atomic E-state index is 12.9. The van der Waals surface area contributed by atoms with Crippen molar-refractivity contribution in [2.24, 2.45) is 11.1 Å². The van der Waals surface area contributed by atoms with Gasteiger partial charge in [-0.05, 0) is 62.6 Å². The summed E-state index contributed by atoms with van der Waals surface area (Å²) in [6, 6.07) is 5.54. The van der Waals surface area contributed by atoms with Crippen molar-refractivity contribution in [3.63, 3.8) is 0 Å². The van der Waals surface area contributed by atoms with E-state index in [4.69, 9.17) is 25.0 Å². The van der Waals surface area contributed by atoms with Gasteiger partial charge in [-0.25, -0.2) is 4.68 Å². The molecule has 1 unspecified atom stereocenters. The number of primary amides is 1. The Morgan fingerprint density at radius 1 is 1.11 bits per heavy atom. The lowest BCUT2D eigenvalue weighted by molar-refractivity contribution is -0.873. The normalized spacial score (nSPS) is 20.0. The molecule has 252 valence electrons. The lowest BCUT2D eigenvalue weighted by Crippen LogP contribution is -2.43. The molecular formula is C34H50N5O7+. The van der Waals surface area contributed by atoms with Gasteiger partial charge in [0.15, 0.2) is 11.9 Å². The summed E-state index contributed by atoms with van der Waals surface area (Å²) in [4.78, 5) is 49.0. The quantitative estimate of drug-likeness (QED) is 0.189. The zero-order valence-electron chi connectivity index (χ0n) is 28.3. The summed E-state index contributed by atoms with van der Waals surface area (Å²) in [5, 5.41) is 8.25. The SMILES string of the molecule is CC(=O)OC(CC(=O)OCCO[C@H]1CC[C@H](Nc2cc(-n3nc(C)c4c3CC(C)(C)CC4=O)ccc2C(N)=O)CC1)C[N+](C)(C)C. The molecule has 1 heterocycles. The number of hydrogen-bond donors (Lipinski definition) is 2. The molecule has 4 rings (SSSR count). The van der Waals surface area contributed by atoms with Crippen molar-refractivity contribution in [3.05, 3.63) is 40.7 Å². The first kappa shape index (κ1) is 35.1.